The molecule has 1 aromatic rings. The fourth-order valence-corrected chi connectivity index (χ4v) is 4.53. The number of benzene rings is 1. The van der Waals surface area contributed by atoms with Crippen LogP contribution >= 0.6 is 0 Å². The Morgan fingerprint density at radius 1 is 0.857 bits per heavy atom. The maximum absolute atomic E-state index is 2.50. The lowest BCUT2D eigenvalue weighted by molar-refractivity contribution is 0.00217. The molecule has 1 saturated carbocycles. The number of hydrogen-bond acceptors (Lipinski definition) is 2. The molecule has 0 radical (unpaired) electrons. The van der Waals surface area contributed by atoms with Gasteiger partial charge in [-0.15, -0.1) is 0 Å². The number of rotatable bonds is 2. The van der Waals surface area contributed by atoms with Gasteiger partial charge in [-0.05, 0) is 83.7 Å². The van der Waals surface area contributed by atoms with Gasteiger partial charge in [0.15, 0.2) is 0 Å². The van der Waals surface area contributed by atoms with Gasteiger partial charge in [-0.1, -0.05) is 30.3 Å². The monoisotopic (exact) mass is 286 g/mol. The van der Waals surface area contributed by atoms with Gasteiger partial charge in [-0.2, -0.15) is 0 Å². The first-order valence-corrected chi connectivity index (χ1v) is 8.48. The van der Waals surface area contributed by atoms with Crippen LogP contribution in [0.4, 0.5) is 0 Å². The summed E-state index contributed by atoms with van der Waals surface area (Å²) in [4.78, 5) is 4.97. The van der Waals surface area contributed by atoms with Crippen molar-refractivity contribution in [3.05, 3.63) is 35.9 Å². The summed E-state index contributed by atoms with van der Waals surface area (Å²) in [6.45, 7) is 2.58. The molecule has 2 fully saturated rings. The van der Waals surface area contributed by atoms with E-state index in [-0.39, 0.29) is 5.54 Å². The Labute approximate surface area is 130 Å². The first kappa shape index (κ1) is 15.1. The molecule has 1 heterocycles. The molecule has 2 heteroatoms. The number of hydrogen-bond donors (Lipinski definition) is 0. The molecule has 116 valence electrons. The Balaban J connectivity index is 1.78. The molecule has 1 spiro atoms. The highest BCUT2D eigenvalue weighted by molar-refractivity contribution is 5.25. The van der Waals surface area contributed by atoms with Crippen LogP contribution in [0.2, 0.25) is 0 Å². The lowest BCUT2D eigenvalue weighted by Gasteiger charge is -2.52. The van der Waals surface area contributed by atoms with Gasteiger partial charge in [0.1, 0.15) is 0 Å². The van der Waals surface area contributed by atoms with Crippen molar-refractivity contribution in [1.82, 2.24) is 9.80 Å². The third-order valence-corrected chi connectivity index (χ3v) is 6.35. The largest absolute Gasteiger partial charge is 0.306 e. The average Bonchev–Trinajstić information content (AvgIpc) is 2.52. The van der Waals surface area contributed by atoms with E-state index in [0.29, 0.717) is 5.41 Å². The maximum atomic E-state index is 2.50. The molecule has 2 nitrogen and oxygen atoms in total. The summed E-state index contributed by atoms with van der Waals surface area (Å²) in [6, 6.07) is 11.2. The topological polar surface area (TPSA) is 6.48 Å². The Hall–Kier alpha value is -0.860. The van der Waals surface area contributed by atoms with Crippen molar-refractivity contribution < 1.29 is 0 Å². The molecule has 1 aliphatic heterocycles. The summed E-state index contributed by atoms with van der Waals surface area (Å²) in [5, 5.41) is 0. The molecule has 0 amide bonds. The van der Waals surface area contributed by atoms with E-state index in [0.717, 1.165) is 0 Å². The quantitative estimate of drug-likeness (QED) is 0.817. The van der Waals surface area contributed by atoms with Crippen molar-refractivity contribution in [3.8, 4) is 0 Å². The Morgan fingerprint density at radius 3 is 1.95 bits per heavy atom. The third kappa shape index (κ3) is 2.76. The molecule has 1 aromatic carbocycles. The summed E-state index contributed by atoms with van der Waals surface area (Å²) in [5.74, 6) is 0. The second-order valence-corrected chi connectivity index (χ2v) is 7.60. The Kier molecular flexibility index (Phi) is 4.11. The molecule has 0 unspecified atom stereocenters. The molecular formula is C19H30N2. The summed E-state index contributed by atoms with van der Waals surface area (Å²) in [7, 11) is 6.79. The molecule has 0 atom stereocenters. The molecular weight excluding hydrogens is 256 g/mol. The zero-order chi connectivity index (χ0) is 14.9. The zero-order valence-electron chi connectivity index (χ0n) is 13.9. The molecule has 21 heavy (non-hydrogen) atoms. The zero-order valence-corrected chi connectivity index (χ0v) is 13.9. The van der Waals surface area contributed by atoms with Gasteiger partial charge >= 0.3 is 0 Å². The number of likely N-dealkylation sites (tertiary alicyclic amines) is 1. The number of nitrogens with zero attached hydrogens (tertiary/aromatic N) is 2. The van der Waals surface area contributed by atoms with Gasteiger partial charge in [0.25, 0.3) is 0 Å². The SMILES string of the molecule is CN1CCC2(CC1)CCC(c1ccccc1)(N(C)C)CC2. The highest BCUT2D eigenvalue weighted by Crippen LogP contribution is 2.52. The molecule has 1 aliphatic carbocycles. The summed E-state index contributed by atoms with van der Waals surface area (Å²) in [6.07, 6.45) is 8.23. The van der Waals surface area contributed by atoms with E-state index < -0.39 is 0 Å². The van der Waals surface area contributed by atoms with Crippen LogP contribution in [0.5, 0.6) is 0 Å². The van der Waals surface area contributed by atoms with Crippen LogP contribution in [0.3, 0.4) is 0 Å². The van der Waals surface area contributed by atoms with Crippen LogP contribution in [-0.4, -0.2) is 44.0 Å². The first-order chi connectivity index (χ1) is 10.1. The van der Waals surface area contributed by atoms with Gasteiger partial charge < -0.3 is 4.90 Å². The molecule has 0 bridgehead atoms. The Morgan fingerprint density at radius 2 is 1.43 bits per heavy atom. The molecule has 3 rings (SSSR count). The van der Waals surface area contributed by atoms with Crippen molar-refractivity contribution >= 4 is 0 Å². The standard InChI is InChI=1S/C19H30N2/c1-20(2)19(17-7-5-4-6-8-17)11-9-18(10-12-19)13-15-21(3)16-14-18/h4-8H,9-16H2,1-3H3. The normalized spacial score (nSPS) is 25.3. The fraction of sp³-hybridized carbons (Fsp3) is 0.684. The number of piperidine rings is 1. The van der Waals surface area contributed by atoms with Gasteiger partial charge in [0.2, 0.25) is 0 Å². The van der Waals surface area contributed by atoms with E-state index in [9.17, 15) is 0 Å². The van der Waals surface area contributed by atoms with E-state index in [1.165, 1.54) is 57.2 Å². The van der Waals surface area contributed by atoms with E-state index in [2.05, 4.69) is 61.3 Å². The summed E-state index contributed by atoms with van der Waals surface area (Å²) in [5.41, 5.74) is 2.41. The van der Waals surface area contributed by atoms with Gasteiger partial charge in [-0.25, -0.2) is 0 Å². The predicted octanol–water partition coefficient (Wildman–Crippen LogP) is 3.73. The van der Waals surface area contributed by atoms with E-state index in [1.54, 1.807) is 0 Å². The van der Waals surface area contributed by atoms with Crippen LogP contribution in [0.15, 0.2) is 30.3 Å². The van der Waals surface area contributed by atoms with Crippen molar-refractivity contribution in [2.24, 2.45) is 5.41 Å². The highest BCUT2D eigenvalue weighted by atomic mass is 15.1. The summed E-state index contributed by atoms with van der Waals surface area (Å²) >= 11 is 0. The molecule has 0 N–H and O–H groups in total. The van der Waals surface area contributed by atoms with Crippen LogP contribution in [-0.2, 0) is 5.54 Å². The maximum Gasteiger partial charge on any atom is 0.0455 e. The van der Waals surface area contributed by atoms with Gasteiger partial charge in [-0.3, -0.25) is 4.90 Å². The minimum atomic E-state index is 0.260. The van der Waals surface area contributed by atoms with Gasteiger partial charge in [0, 0.05) is 5.54 Å². The van der Waals surface area contributed by atoms with Crippen molar-refractivity contribution in [3.63, 3.8) is 0 Å². The van der Waals surface area contributed by atoms with Crippen molar-refractivity contribution in [1.29, 1.82) is 0 Å². The first-order valence-electron chi connectivity index (χ1n) is 8.48. The lowest BCUT2D eigenvalue weighted by Crippen LogP contribution is -2.49. The van der Waals surface area contributed by atoms with Crippen LogP contribution < -0.4 is 0 Å². The fourth-order valence-electron chi connectivity index (χ4n) is 4.53. The third-order valence-electron chi connectivity index (χ3n) is 6.35. The second kappa shape index (κ2) is 5.73. The molecule has 2 aliphatic rings. The summed E-state index contributed by atoms with van der Waals surface area (Å²) < 4.78 is 0. The second-order valence-electron chi connectivity index (χ2n) is 7.60. The highest BCUT2D eigenvalue weighted by Gasteiger charge is 2.45. The smallest absolute Gasteiger partial charge is 0.0455 e. The van der Waals surface area contributed by atoms with E-state index >= 15 is 0 Å². The van der Waals surface area contributed by atoms with Crippen LogP contribution in [0.1, 0.15) is 44.1 Å². The molecule has 1 saturated heterocycles. The van der Waals surface area contributed by atoms with Crippen molar-refractivity contribution in [2.75, 3.05) is 34.2 Å². The van der Waals surface area contributed by atoms with Crippen LogP contribution in [0.25, 0.3) is 0 Å². The Bertz CT molecular complexity index is 448. The molecule has 0 aromatic heterocycles. The minimum Gasteiger partial charge on any atom is -0.306 e. The van der Waals surface area contributed by atoms with Crippen molar-refractivity contribution in [2.45, 2.75) is 44.1 Å². The lowest BCUT2D eigenvalue weighted by atomic mass is 9.61. The van der Waals surface area contributed by atoms with E-state index in [4.69, 9.17) is 0 Å². The minimum absolute atomic E-state index is 0.260. The van der Waals surface area contributed by atoms with Gasteiger partial charge in [0.05, 0.1) is 0 Å². The van der Waals surface area contributed by atoms with Crippen LogP contribution in [0, 0.1) is 5.41 Å². The van der Waals surface area contributed by atoms with E-state index in [1.807, 2.05) is 0 Å². The average molecular weight is 286 g/mol. The predicted molar refractivity (Wildman–Crippen MR) is 89.4 cm³/mol.